The molecule has 0 spiro atoms. The number of amidine groups is 1. The summed E-state index contributed by atoms with van der Waals surface area (Å²) in [5.41, 5.74) is 4.00. The maximum Gasteiger partial charge on any atom is 0.285 e. The first-order valence-corrected chi connectivity index (χ1v) is 11.0. The maximum absolute atomic E-state index is 12.6. The molecule has 0 atom stereocenters. The Balaban J connectivity index is 1.35. The lowest BCUT2D eigenvalue weighted by molar-refractivity contribution is 0.101. The first-order valence-electron chi connectivity index (χ1n) is 9.52. The van der Waals surface area contributed by atoms with Crippen LogP contribution in [0.1, 0.15) is 15.9 Å². The Morgan fingerprint density at radius 2 is 1.62 bits per heavy atom. The molecule has 9 nitrogen and oxygen atoms in total. The number of nitrogens with zero attached hydrogens (tertiary/aromatic N) is 3. The number of carbonyl (C=O) groups is 1. The molecule has 0 saturated carbocycles. The third-order valence-electron chi connectivity index (χ3n) is 4.93. The number of benzene rings is 3. The van der Waals surface area contributed by atoms with Crippen LogP contribution in [0, 0.1) is 0 Å². The molecule has 3 aromatic carbocycles. The van der Waals surface area contributed by atoms with Gasteiger partial charge in [-0.25, -0.2) is 9.66 Å². The molecule has 2 N–H and O–H groups in total. The van der Waals surface area contributed by atoms with E-state index in [2.05, 4.69) is 20.1 Å². The van der Waals surface area contributed by atoms with Crippen LogP contribution < -0.4 is 16.3 Å². The van der Waals surface area contributed by atoms with E-state index in [9.17, 15) is 18.0 Å². The number of anilines is 1. The lowest BCUT2D eigenvalue weighted by atomic mass is 10.1. The molecule has 0 fully saturated rings. The minimum absolute atomic E-state index is 0.146. The van der Waals surface area contributed by atoms with E-state index in [0.29, 0.717) is 27.7 Å². The van der Waals surface area contributed by atoms with Crippen LogP contribution in [0.3, 0.4) is 0 Å². The van der Waals surface area contributed by atoms with Crippen molar-refractivity contribution in [2.75, 3.05) is 10.7 Å². The van der Waals surface area contributed by atoms with Gasteiger partial charge in [0.15, 0.2) is 5.84 Å². The Morgan fingerprint density at radius 3 is 2.44 bits per heavy atom. The van der Waals surface area contributed by atoms with Crippen LogP contribution in [0.5, 0.6) is 0 Å². The lowest BCUT2D eigenvalue weighted by Crippen LogP contribution is -2.33. The number of amides is 1. The van der Waals surface area contributed by atoms with Gasteiger partial charge in [-0.05, 0) is 48.5 Å². The van der Waals surface area contributed by atoms with Crippen molar-refractivity contribution in [3.8, 4) is 0 Å². The van der Waals surface area contributed by atoms with E-state index < -0.39 is 15.9 Å². The molecule has 1 aliphatic rings. The highest BCUT2D eigenvalue weighted by Crippen LogP contribution is 2.26. The summed E-state index contributed by atoms with van der Waals surface area (Å²) in [6.45, 7) is 0. The Hall–Kier alpha value is -4.31. The van der Waals surface area contributed by atoms with Gasteiger partial charge in [-0.1, -0.05) is 24.3 Å². The van der Waals surface area contributed by atoms with Crippen LogP contribution in [0.2, 0.25) is 0 Å². The number of hydrogen-bond acceptors (Lipinski definition) is 6. The highest BCUT2D eigenvalue weighted by atomic mass is 32.2. The molecule has 5 rings (SSSR count). The number of hydrogen-bond donors (Lipinski definition) is 2. The molecule has 2 heterocycles. The van der Waals surface area contributed by atoms with E-state index in [4.69, 9.17) is 0 Å². The number of rotatable bonds is 3. The van der Waals surface area contributed by atoms with Gasteiger partial charge in [0, 0.05) is 16.8 Å². The molecule has 4 aromatic rings. The molecule has 1 aliphatic heterocycles. The Morgan fingerprint density at radius 1 is 0.906 bits per heavy atom. The van der Waals surface area contributed by atoms with Crippen LogP contribution >= 0.6 is 0 Å². The summed E-state index contributed by atoms with van der Waals surface area (Å²) >= 11 is 0. The maximum atomic E-state index is 12.6. The van der Waals surface area contributed by atoms with E-state index in [0.717, 1.165) is 4.68 Å². The van der Waals surface area contributed by atoms with Crippen molar-refractivity contribution >= 4 is 38.4 Å². The number of carbonyl (C=O) groups excluding carboxylic acids is 1. The van der Waals surface area contributed by atoms with Crippen LogP contribution in [0.25, 0.3) is 10.9 Å². The van der Waals surface area contributed by atoms with Crippen LogP contribution in [-0.2, 0) is 10.0 Å². The van der Waals surface area contributed by atoms with Gasteiger partial charge in [-0.3, -0.25) is 15.0 Å². The van der Waals surface area contributed by atoms with Gasteiger partial charge >= 0.3 is 0 Å². The summed E-state index contributed by atoms with van der Waals surface area (Å²) in [7, 11) is -3.73. The quantitative estimate of drug-likeness (QED) is 0.499. The molecular formula is C22H15N5O4S. The van der Waals surface area contributed by atoms with Gasteiger partial charge in [0.05, 0.1) is 10.9 Å². The molecule has 32 heavy (non-hydrogen) atoms. The Labute approximate surface area is 182 Å². The molecule has 0 unspecified atom stereocenters. The van der Waals surface area contributed by atoms with E-state index in [1.54, 1.807) is 66.7 Å². The normalized spacial score (nSPS) is 13.9. The van der Waals surface area contributed by atoms with E-state index in [1.165, 1.54) is 12.4 Å². The smallest absolute Gasteiger partial charge is 0.285 e. The molecule has 1 aromatic heterocycles. The second kappa shape index (κ2) is 7.43. The van der Waals surface area contributed by atoms with Gasteiger partial charge < -0.3 is 5.32 Å². The van der Waals surface area contributed by atoms with Crippen LogP contribution in [0.15, 0.2) is 93.2 Å². The second-order valence-electron chi connectivity index (χ2n) is 6.99. The minimum atomic E-state index is -3.73. The van der Waals surface area contributed by atoms with E-state index >= 15 is 0 Å². The van der Waals surface area contributed by atoms with Gasteiger partial charge in [0.2, 0.25) is 0 Å². The van der Waals surface area contributed by atoms with Gasteiger partial charge in [0.25, 0.3) is 21.5 Å². The SMILES string of the molecule is O=C(Nn1cnc2ccccc2c1=O)c1ccc(NC2=NS(=O)(=O)c3ccccc32)cc1. The summed E-state index contributed by atoms with van der Waals surface area (Å²) < 4.78 is 29.2. The summed E-state index contributed by atoms with van der Waals surface area (Å²) in [6, 6.07) is 19.7. The molecule has 0 saturated heterocycles. The zero-order chi connectivity index (χ0) is 22.3. The van der Waals surface area contributed by atoms with Crippen molar-refractivity contribution in [2.45, 2.75) is 4.90 Å². The first-order chi connectivity index (χ1) is 15.4. The lowest BCUT2D eigenvalue weighted by Gasteiger charge is -2.10. The highest BCUT2D eigenvalue weighted by Gasteiger charge is 2.28. The zero-order valence-corrected chi connectivity index (χ0v) is 17.2. The second-order valence-corrected chi connectivity index (χ2v) is 8.56. The van der Waals surface area contributed by atoms with Crippen molar-refractivity contribution < 1.29 is 13.2 Å². The highest BCUT2D eigenvalue weighted by molar-refractivity contribution is 7.90. The molecule has 0 aliphatic carbocycles. The molecule has 0 radical (unpaired) electrons. The monoisotopic (exact) mass is 445 g/mol. The average molecular weight is 445 g/mol. The van der Waals surface area contributed by atoms with Crippen LogP contribution in [0.4, 0.5) is 5.69 Å². The average Bonchev–Trinajstić information content (AvgIpc) is 3.06. The number of fused-ring (bicyclic) bond motifs is 2. The third-order valence-corrected chi connectivity index (χ3v) is 6.26. The predicted octanol–water partition coefficient (Wildman–Crippen LogP) is 2.34. The van der Waals surface area contributed by atoms with Crippen molar-refractivity contribution in [2.24, 2.45) is 4.40 Å². The van der Waals surface area contributed by atoms with Crippen molar-refractivity contribution in [3.05, 3.63) is 101 Å². The minimum Gasteiger partial charge on any atom is -0.339 e. The van der Waals surface area contributed by atoms with Crippen molar-refractivity contribution in [1.82, 2.24) is 9.66 Å². The molecular weight excluding hydrogens is 430 g/mol. The van der Waals surface area contributed by atoms with Gasteiger partial charge in [-0.15, -0.1) is 4.40 Å². The summed E-state index contributed by atoms with van der Waals surface area (Å²) in [6.07, 6.45) is 1.26. The van der Waals surface area contributed by atoms with E-state index in [1.807, 2.05) is 0 Å². The van der Waals surface area contributed by atoms with Gasteiger partial charge in [0.1, 0.15) is 11.2 Å². The van der Waals surface area contributed by atoms with Gasteiger partial charge in [-0.2, -0.15) is 8.42 Å². The third kappa shape index (κ3) is 3.42. The van der Waals surface area contributed by atoms with Crippen molar-refractivity contribution in [1.29, 1.82) is 0 Å². The standard InChI is InChI=1S/C22H15N5O4S/c28-21(25-27-13-23-18-7-3-1-5-16(18)22(27)29)14-9-11-15(12-10-14)24-20-17-6-2-4-8-19(17)32(30,31)26-20/h1-13H,(H,24,26)(H,25,28). The zero-order valence-electron chi connectivity index (χ0n) is 16.4. The largest absolute Gasteiger partial charge is 0.339 e. The number of para-hydroxylation sites is 1. The Kier molecular flexibility index (Phi) is 4.56. The molecule has 0 bridgehead atoms. The first kappa shape index (κ1) is 19.6. The predicted molar refractivity (Wildman–Crippen MR) is 120 cm³/mol. The summed E-state index contributed by atoms with van der Waals surface area (Å²) in [5, 5.41) is 3.36. The topological polar surface area (TPSA) is 123 Å². The fourth-order valence-corrected chi connectivity index (χ4v) is 4.54. The van der Waals surface area contributed by atoms with Crippen LogP contribution in [-0.4, -0.2) is 29.8 Å². The molecule has 158 valence electrons. The summed E-state index contributed by atoms with van der Waals surface area (Å²) in [5.74, 6) is -0.284. The summed E-state index contributed by atoms with van der Waals surface area (Å²) in [4.78, 5) is 29.4. The van der Waals surface area contributed by atoms with Crippen molar-refractivity contribution in [3.63, 3.8) is 0 Å². The number of nitrogens with one attached hydrogen (secondary N) is 2. The fourth-order valence-electron chi connectivity index (χ4n) is 3.36. The molecule has 10 heteroatoms. The number of aromatic nitrogens is 2. The number of sulfonamides is 1. The fraction of sp³-hybridized carbons (Fsp3) is 0. The van der Waals surface area contributed by atoms with E-state index in [-0.39, 0.29) is 16.3 Å². The molecule has 1 amide bonds. The Bertz CT molecular complexity index is 1570.